The van der Waals surface area contributed by atoms with Crippen LogP contribution in [0.5, 0.6) is 17.2 Å². The molecule has 0 atom stereocenters. The van der Waals surface area contributed by atoms with Crippen molar-refractivity contribution in [1.82, 2.24) is 0 Å². The van der Waals surface area contributed by atoms with Crippen molar-refractivity contribution in [2.45, 2.75) is 26.3 Å². The molecule has 96 valence electrons. The molecule has 0 heterocycles. The van der Waals surface area contributed by atoms with Gasteiger partial charge in [-0.2, -0.15) is 0 Å². The second-order valence-corrected chi connectivity index (χ2v) is 4.33. The van der Waals surface area contributed by atoms with E-state index >= 15 is 0 Å². The van der Waals surface area contributed by atoms with Gasteiger partial charge in [-0.1, -0.05) is 0 Å². The molecule has 0 bridgehead atoms. The van der Waals surface area contributed by atoms with Crippen molar-refractivity contribution < 1.29 is 14.2 Å². The van der Waals surface area contributed by atoms with E-state index in [1.165, 1.54) is 0 Å². The van der Waals surface area contributed by atoms with Gasteiger partial charge < -0.3 is 19.9 Å². The Bertz CT molecular complexity index is 383. The summed E-state index contributed by atoms with van der Waals surface area (Å²) in [4.78, 5) is 0. The molecule has 4 heteroatoms. The summed E-state index contributed by atoms with van der Waals surface area (Å²) in [6.45, 7) is 6.33. The number of hydrogen-bond acceptors (Lipinski definition) is 4. The maximum atomic E-state index is 6.13. The van der Waals surface area contributed by atoms with E-state index in [1.54, 1.807) is 14.2 Å². The first kappa shape index (κ1) is 13.6. The Morgan fingerprint density at radius 1 is 1.12 bits per heavy atom. The van der Waals surface area contributed by atoms with Crippen molar-refractivity contribution in [1.29, 1.82) is 0 Å². The summed E-state index contributed by atoms with van der Waals surface area (Å²) >= 11 is 0. The van der Waals surface area contributed by atoms with Crippen LogP contribution in [0.4, 0.5) is 0 Å². The molecule has 0 radical (unpaired) electrons. The van der Waals surface area contributed by atoms with E-state index in [-0.39, 0.29) is 0 Å². The van der Waals surface area contributed by atoms with Crippen LogP contribution < -0.4 is 19.9 Å². The fourth-order valence-electron chi connectivity index (χ4n) is 1.69. The summed E-state index contributed by atoms with van der Waals surface area (Å²) in [5.41, 5.74) is 6.53. The summed E-state index contributed by atoms with van der Waals surface area (Å²) < 4.78 is 16.2. The Morgan fingerprint density at radius 2 is 1.76 bits per heavy atom. The predicted molar refractivity (Wildman–Crippen MR) is 67.9 cm³/mol. The molecule has 1 aromatic rings. The fourth-order valence-corrected chi connectivity index (χ4v) is 1.69. The van der Waals surface area contributed by atoms with Gasteiger partial charge in [-0.25, -0.2) is 0 Å². The van der Waals surface area contributed by atoms with E-state index in [0.29, 0.717) is 23.9 Å². The molecule has 0 aliphatic carbocycles. The highest BCUT2D eigenvalue weighted by atomic mass is 16.5. The van der Waals surface area contributed by atoms with Crippen LogP contribution in [0.25, 0.3) is 0 Å². The minimum absolute atomic E-state index is 0.496. The molecule has 0 saturated heterocycles. The Morgan fingerprint density at radius 3 is 2.18 bits per heavy atom. The molecule has 0 spiro atoms. The highest BCUT2D eigenvalue weighted by molar-refractivity contribution is 5.57. The Kier molecular flexibility index (Phi) is 4.23. The van der Waals surface area contributed by atoms with E-state index < -0.39 is 5.54 Å². The molecule has 0 saturated carbocycles. The Hall–Kier alpha value is -1.42. The molecule has 17 heavy (non-hydrogen) atoms. The molecular formula is C13H21NO3. The van der Waals surface area contributed by atoms with Crippen LogP contribution in [-0.4, -0.2) is 20.8 Å². The van der Waals surface area contributed by atoms with Crippen LogP contribution in [0, 0.1) is 0 Å². The lowest BCUT2D eigenvalue weighted by molar-refractivity contribution is 0.288. The van der Waals surface area contributed by atoms with Crippen molar-refractivity contribution in [3.63, 3.8) is 0 Å². The van der Waals surface area contributed by atoms with Gasteiger partial charge in [-0.3, -0.25) is 0 Å². The second kappa shape index (κ2) is 5.27. The quantitative estimate of drug-likeness (QED) is 0.856. The van der Waals surface area contributed by atoms with Gasteiger partial charge in [0.2, 0.25) is 5.75 Å². The average molecular weight is 239 g/mol. The normalized spacial score (nSPS) is 11.2. The predicted octanol–water partition coefficient (Wildman–Crippen LogP) is 2.30. The van der Waals surface area contributed by atoms with Gasteiger partial charge in [0.15, 0.2) is 11.5 Å². The van der Waals surface area contributed by atoms with Gasteiger partial charge >= 0.3 is 0 Å². The number of methoxy groups -OCH3 is 2. The molecule has 0 aliphatic heterocycles. The van der Waals surface area contributed by atoms with Crippen molar-refractivity contribution in [3.8, 4) is 17.2 Å². The van der Waals surface area contributed by atoms with Crippen LogP contribution in [0.15, 0.2) is 12.1 Å². The van der Waals surface area contributed by atoms with Gasteiger partial charge in [0.25, 0.3) is 0 Å². The third-order valence-electron chi connectivity index (χ3n) is 2.48. The zero-order valence-electron chi connectivity index (χ0n) is 11.2. The zero-order chi connectivity index (χ0) is 13.1. The van der Waals surface area contributed by atoms with Crippen molar-refractivity contribution >= 4 is 0 Å². The van der Waals surface area contributed by atoms with Crippen LogP contribution in [0.1, 0.15) is 26.3 Å². The highest BCUT2D eigenvalue weighted by Gasteiger charge is 2.24. The van der Waals surface area contributed by atoms with E-state index in [0.717, 1.165) is 5.56 Å². The molecule has 0 aromatic heterocycles. The standard InChI is InChI=1S/C13H21NO3/c1-6-17-11-9(13(2,3)14)7-8-10(15-4)12(11)16-5/h7-8H,6,14H2,1-5H3. The highest BCUT2D eigenvalue weighted by Crippen LogP contribution is 2.43. The van der Waals surface area contributed by atoms with Gasteiger partial charge in [-0.05, 0) is 32.9 Å². The zero-order valence-corrected chi connectivity index (χ0v) is 11.2. The lowest BCUT2D eigenvalue weighted by atomic mass is 9.94. The van der Waals surface area contributed by atoms with E-state index in [1.807, 2.05) is 32.9 Å². The van der Waals surface area contributed by atoms with Crippen molar-refractivity contribution in [2.24, 2.45) is 5.73 Å². The van der Waals surface area contributed by atoms with Gasteiger partial charge in [0.1, 0.15) is 0 Å². The first-order valence-electron chi connectivity index (χ1n) is 5.62. The summed E-state index contributed by atoms with van der Waals surface area (Å²) in [5.74, 6) is 1.89. The summed E-state index contributed by atoms with van der Waals surface area (Å²) in [5, 5.41) is 0. The monoisotopic (exact) mass is 239 g/mol. The minimum atomic E-state index is -0.496. The van der Waals surface area contributed by atoms with Crippen molar-refractivity contribution in [2.75, 3.05) is 20.8 Å². The smallest absolute Gasteiger partial charge is 0.203 e. The fraction of sp³-hybridized carbons (Fsp3) is 0.538. The number of nitrogens with two attached hydrogens (primary N) is 1. The number of ether oxygens (including phenoxy) is 3. The van der Waals surface area contributed by atoms with E-state index in [4.69, 9.17) is 19.9 Å². The molecule has 0 fully saturated rings. The van der Waals surface area contributed by atoms with Crippen molar-refractivity contribution in [3.05, 3.63) is 17.7 Å². The lowest BCUT2D eigenvalue weighted by Crippen LogP contribution is -2.29. The molecule has 1 rings (SSSR count). The summed E-state index contributed by atoms with van der Waals surface area (Å²) in [7, 11) is 3.19. The second-order valence-electron chi connectivity index (χ2n) is 4.33. The molecule has 4 nitrogen and oxygen atoms in total. The molecule has 1 aromatic carbocycles. The van der Waals surface area contributed by atoms with Gasteiger partial charge in [0.05, 0.1) is 20.8 Å². The largest absolute Gasteiger partial charge is 0.493 e. The van der Waals surface area contributed by atoms with Gasteiger partial charge in [0, 0.05) is 11.1 Å². The molecule has 0 aliphatic rings. The summed E-state index contributed by atoms with van der Waals surface area (Å²) in [6.07, 6.45) is 0. The van der Waals surface area contributed by atoms with Crippen LogP contribution in [0.2, 0.25) is 0 Å². The molecule has 0 amide bonds. The first-order chi connectivity index (χ1) is 7.95. The maximum absolute atomic E-state index is 6.13. The third kappa shape index (κ3) is 2.82. The lowest BCUT2D eigenvalue weighted by Gasteiger charge is -2.25. The first-order valence-corrected chi connectivity index (χ1v) is 5.62. The van der Waals surface area contributed by atoms with Gasteiger partial charge in [-0.15, -0.1) is 0 Å². The Balaban J connectivity index is 3.42. The average Bonchev–Trinajstić information content (AvgIpc) is 2.27. The number of rotatable bonds is 5. The topological polar surface area (TPSA) is 53.7 Å². The number of benzene rings is 1. The SMILES string of the molecule is CCOc1c(C(C)(C)N)ccc(OC)c1OC. The minimum Gasteiger partial charge on any atom is -0.493 e. The maximum Gasteiger partial charge on any atom is 0.203 e. The molecular weight excluding hydrogens is 218 g/mol. The van der Waals surface area contributed by atoms with Crippen LogP contribution in [-0.2, 0) is 5.54 Å². The summed E-state index contributed by atoms with van der Waals surface area (Å²) in [6, 6.07) is 3.75. The van der Waals surface area contributed by atoms with E-state index in [9.17, 15) is 0 Å². The molecule has 0 unspecified atom stereocenters. The van der Waals surface area contributed by atoms with E-state index in [2.05, 4.69) is 0 Å². The van der Waals surface area contributed by atoms with Crippen LogP contribution in [0.3, 0.4) is 0 Å². The Labute approximate surface area is 103 Å². The molecule has 2 N–H and O–H groups in total. The number of hydrogen-bond donors (Lipinski definition) is 1. The van der Waals surface area contributed by atoms with Crippen LogP contribution >= 0.6 is 0 Å². The third-order valence-corrected chi connectivity index (χ3v) is 2.48.